The third-order valence-electron chi connectivity index (χ3n) is 6.09. The molecule has 0 aromatic heterocycles. The lowest BCUT2D eigenvalue weighted by Crippen LogP contribution is -2.27. The van der Waals surface area contributed by atoms with Crippen LogP contribution in [0.15, 0.2) is 84.1 Å². The van der Waals surface area contributed by atoms with Crippen LogP contribution in [0.5, 0.6) is 0 Å². The smallest absolute Gasteiger partial charge is 0.275 e. The summed E-state index contributed by atoms with van der Waals surface area (Å²) in [5, 5.41) is 19.3. The van der Waals surface area contributed by atoms with Crippen molar-refractivity contribution in [1.29, 1.82) is 0 Å². The first-order chi connectivity index (χ1) is 15.5. The van der Waals surface area contributed by atoms with E-state index in [1.165, 1.54) is 6.07 Å². The molecule has 5 rings (SSSR count). The lowest BCUT2D eigenvalue weighted by atomic mass is 9.78. The van der Waals surface area contributed by atoms with Crippen LogP contribution in [0.3, 0.4) is 0 Å². The second kappa shape index (κ2) is 8.13. The largest absolute Gasteiger partial charge is 0.372 e. The molecule has 0 saturated carbocycles. The molecule has 6 nitrogen and oxygen atoms in total. The topological polar surface area (TPSA) is 84.3 Å². The SMILES string of the molecule is O=C1C[C@H](c2ccc(Cl)cc2)CC2=C1[C@H](c1ccccc1[N+](=O)[O-])Nc1ccccc1N2. The van der Waals surface area contributed by atoms with Crippen LogP contribution in [-0.2, 0) is 4.79 Å². The number of ketones is 1. The normalized spacial score (nSPS) is 19.8. The first kappa shape index (κ1) is 20.3. The Hall–Kier alpha value is -3.64. The molecule has 2 atom stereocenters. The summed E-state index contributed by atoms with van der Waals surface area (Å²) in [5.74, 6) is -0.0233. The van der Waals surface area contributed by atoms with Gasteiger partial charge in [0.2, 0.25) is 0 Å². The Labute approximate surface area is 190 Å². The molecule has 32 heavy (non-hydrogen) atoms. The number of hydrogen-bond donors (Lipinski definition) is 2. The van der Waals surface area contributed by atoms with E-state index in [0.717, 1.165) is 22.6 Å². The van der Waals surface area contributed by atoms with Crippen LogP contribution >= 0.6 is 11.6 Å². The van der Waals surface area contributed by atoms with Gasteiger partial charge in [0, 0.05) is 28.8 Å². The molecular weight excluding hydrogens is 426 g/mol. The molecule has 1 aliphatic heterocycles. The molecule has 0 bridgehead atoms. The molecule has 0 saturated heterocycles. The Kier molecular flexibility index (Phi) is 5.15. The van der Waals surface area contributed by atoms with E-state index in [0.29, 0.717) is 29.0 Å². The standard InChI is InChI=1S/C25H20ClN3O3/c26-17-11-9-15(10-12-17)16-13-21-24(23(30)14-16)25(18-5-1-4-8-22(18)29(31)32)28-20-7-3-2-6-19(20)27-21/h1-12,16,25,27-28H,13-14H2/t16-,25+/m1/s1. The van der Waals surface area contributed by atoms with Crippen molar-refractivity contribution in [3.8, 4) is 0 Å². The molecule has 1 heterocycles. The van der Waals surface area contributed by atoms with Crippen molar-refractivity contribution in [2.24, 2.45) is 0 Å². The molecule has 3 aromatic rings. The zero-order valence-electron chi connectivity index (χ0n) is 17.0. The van der Waals surface area contributed by atoms with Gasteiger partial charge in [-0.15, -0.1) is 0 Å². The fourth-order valence-electron chi connectivity index (χ4n) is 4.59. The summed E-state index contributed by atoms with van der Waals surface area (Å²) in [6.45, 7) is 0. The molecule has 0 amide bonds. The predicted octanol–water partition coefficient (Wildman–Crippen LogP) is 6.23. The summed E-state index contributed by atoms with van der Waals surface area (Å²) in [7, 11) is 0. The molecule has 0 spiro atoms. The van der Waals surface area contributed by atoms with Crippen LogP contribution in [0.25, 0.3) is 0 Å². The van der Waals surface area contributed by atoms with Gasteiger partial charge in [0.05, 0.1) is 27.9 Å². The van der Waals surface area contributed by atoms with Gasteiger partial charge in [0.25, 0.3) is 5.69 Å². The number of carbonyl (C=O) groups excluding carboxylic acids is 1. The number of hydrogen-bond acceptors (Lipinski definition) is 5. The minimum absolute atomic E-state index is 0.00249. The third-order valence-corrected chi connectivity index (χ3v) is 6.35. The fraction of sp³-hybridized carbons (Fsp3) is 0.160. The summed E-state index contributed by atoms with van der Waals surface area (Å²) in [5.41, 5.74) is 4.49. The van der Waals surface area contributed by atoms with Gasteiger partial charge < -0.3 is 10.6 Å². The van der Waals surface area contributed by atoms with Gasteiger partial charge in [0.15, 0.2) is 5.78 Å². The van der Waals surface area contributed by atoms with E-state index in [9.17, 15) is 14.9 Å². The number of halogens is 1. The minimum atomic E-state index is -0.624. The minimum Gasteiger partial charge on any atom is -0.372 e. The van der Waals surface area contributed by atoms with Gasteiger partial charge in [-0.2, -0.15) is 0 Å². The maximum Gasteiger partial charge on any atom is 0.275 e. The monoisotopic (exact) mass is 445 g/mol. The number of nitro benzene ring substituents is 1. The Morgan fingerprint density at radius 1 is 0.906 bits per heavy atom. The molecule has 0 fully saturated rings. The zero-order chi connectivity index (χ0) is 22.2. The van der Waals surface area contributed by atoms with Gasteiger partial charge in [-0.05, 0) is 48.2 Å². The van der Waals surface area contributed by atoms with Crippen molar-refractivity contribution in [3.63, 3.8) is 0 Å². The van der Waals surface area contributed by atoms with Crippen molar-refractivity contribution >= 4 is 34.4 Å². The molecule has 1 aliphatic carbocycles. The fourth-order valence-corrected chi connectivity index (χ4v) is 4.72. The van der Waals surface area contributed by atoms with Gasteiger partial charge in [-0.1, -0.05) is 48.0 Å². The van der Waals surface area contributed by atoms with Gasteiger partial charge in [-0.25, -0.2) is 0 Å². The van der Waals surface area contributed by atoms with Crippen LogP contribution in [0.4, 0.5) is 17.1 Å². The van der Waals surface area contributed by atoms with Crippen LogP contribution in [0.2, 0.25) is 5.02 Å². The second-order valence-corrected chi connectivity index (χ2v) is 8.47. The van der Waals surface area contributed by atoms with E-state index in [2.05, 4.69) is 10.6 Å². The number of anilines is 2. The number of Topliss-reactive ketones (excluding diaryl/α,β-unsaturated/α-hetero) is 1. The highest BCUT2D eigenvalue weighted by atomic mass is 35.5. The zero-order valence-corrected chi connectivity index (χ0v) is 17.8. The first-order valence-corrected chi connectivity index (χ1v) is 10.8. The first-order valence-electron chi connectivity index (χ1n) is 10.4. The summed E-state index contributed by atoms with van der Waals surface area (Å²) in [6, 6.07) is 21.2. The summed E-state index contributed by atoms with van der Waals surface area (Å²) >= 11 is 6.04. The average molecular weight is 446 g/mol. The number of fused-ring (bicyclic) bond motifs is 1. The lowest BCUT2D eigenvalue weighted by molar-refractivity contribution is -0.385. The number of para-hydroxylation sites is 3. The van der Waals surface area contributed by atoms with Crippen LogP contribution in [-0.4, -0.2) is 10.7 Å². The Morgan fingerprint density at radius 3 is 2.34 bits per heavy atom. The van der Waals surface area contributed by atoms with Crippen molar-refractivity contribution in [2.45, 2.75) is 24.8 Å². The van der Waals surface area contributed by atoms with E-state index in [4.69, 9.17) is 11.6 Å². The maximum atomic E-state index is 13.5. The van der Waals surface area contributed by atoms with Crippen LogP contribution < -0.4 is 10.6 Å². The van der Waals surface area contributed by atoms with E-state index >= 15 is 0 Å². The highest BCUT2D eigenvalue weighted by Gasteiger charge is 2.38. The number of nitrogens with zero attached hydrogens (tertiary/aromatic N) is 1. The molecule has 160 valence electrons. The number of rotatable bonds is 3. The molecule has 3 aromatic carbocycles. The number of allylic oxidation sites excluding steroid dienone is 1. The summed E-state index contributed by atoms with van der Waals surface area (Å²) in [6.07, 6.45) is 0.952. The predicted molar refractivity (Wildman–Crippen MR) is 125 cm³/mol. The maximum absolute atomic E-state index is 13.5. The van der Waals surface area contributed by atoms with Gasteiger partial charge in [-0.3, -0.25) is 14.9 Å². The molecule has 0 radical (unpaired) electrons. The lowest BCUT2D eigenvalue weighted by Gasteiger charge is -2.29. The molecular formula is C25H20ClN3O3. The number of carbonyl (C=O) groups is 1. The average Bonchev–Trinajstić information content (AvgIpc) is 2.96. The highest BCUT2D eigenvalue weighted by molar-refractivity contribution is 6.30. The number of nitrogens with one attached hydrogen (secondary N) is 2. The van der Waals surface area contributed by atoms with E-state index in [1.54, 1.807) is 18.2 Å². The quantitative estimate of drug-likeness (QED) is 0.369. The van der Waals surface area contributed by atoms with Gasteiger partial charge in [0.1, 0.15) is 0 Å². The molecule has 7 heteroatoms. The van der Waals surface area contributed by atoms with E-state index in [1.807, 2.05) is 48.5 Å². The van der Waals surface area contributed by atoms with Crippen LogP contribution in [0.1, 0.15) is 35.9 Å². The van der Waals surface area contributed by atoms with Crippen molar-refractivity contribution in [2.75, 3.05) is 10.6 Å². The molecule has 0 unspecified atom stereocenters. The summed E-state index contributed by atoms with van der Waals surface area (Å²) in [4.78, 5) is 24.9. The molecule has 2 N–H and O–H groups in total. The third kappa shape index (κ3) is 3.63. The van der Waals surface area contributed by atoms with Crippen molar-refractivity contribution < 1.29 is 9.72 Å². The molecule has 2 aliphatic rings. The summed E-state index contributed by atoms with van der Waals surface area (Å²) < 4.78 is 0. The Morgan fingerprint density at radius 2 is 1.59 bits per heavy atom. The number of nitro groups is 1. The van der Waals surface area contributed by atoms with Gasteiger partial charge >= 0.3 is 0 Å². The van der Waals surface area contributed by atoms with E-state index in [-0.39, 0.29) is 17.4 Å². The van der Waals surface area contributed by atoms with Crippen molar-refractivity contribution in [3.05, 3.63) is 110 Å². The Balaban J connectivity index is 1.64. The highest BCUT2D eigenvalue weighted by Crippen LogP contribution is 2.45. The second-order valence-electron chi connectivity index (χ2n) is 8.04. The van der Waals surface area contributed by atoms with Crippen LogP contribution in [0, 0.1) is 10.1 Å². The van der Waals surface area contributed by atoms with E-state index < -0.39 is 11.0 Å². The van der Waals surface area contributed by atoms with Crippen molar-refractivity contribution in [1.82, 2.24) is 0 Å². The Bertz CT molecular complexity index is 1250. The number of benzene rings is 3.